The third-order valence-corrected chi connectivity index (χ3v) is 8.73. The highest BCUT2D eigenvalue weighted by Crippen LogP contribution is 2.39. The van der Waals surface area contributed by atoms with E-state index >= 15 is 4.39 Å². The molecule has 0 aromatic heterocycles. The second kappa shape index (κ2) is 14.0. The summed E-state index contributed by atoms with van der Waals surface area (Å²) in [6.45, 7) is 1.03. The van der Waals surface area contributed by atoms with E-state index < -0.39 is 64.5 Å². The first kappa shape index (κ1) is 32.5. The number of hydrogen-bond acceptors (Lipinski definition) is 1. The Kier molecular flexibility index (Phi) is 10.1. The fraction of sp³-hybridized carbons (Fsp3) is 0.333. The highest BCUT2D eigenvalue weighted by Gasteiger charge is 2.28. The first-order valence-corrected chi connectivity index (χ1v) is 15.1. The predicted molar refractivity (Wildman–Crippen MR) is 157 cm³/mol. The van der Waals surface area contributed by atoms with Gasteiger partial charge in [0.2, 0.25) is 29.1 Å². The van der Waals surface area contributed by atoms with Gasteiger partial charge in [-0.15, -0.1) is 0 Å². The lowest BCUT2D eigenvalue weighted by Gasteiger charge is -2.29. The normalized spacial score (nSPS) is 16.6. The lowest BCUT2D eigenvalue weighted by Crippen LogP contribution is -2.13. The van der Waals surface area contributed by atoms with Crippen molar-refractivity contribution in [2.24, 2.45) is 5.92 Å². The number of ether oxygens (including phenoxy) is 1. The maximum absolute atomic E-state index is 15.2. The molecule has 4 aromatic carbocycles. The number of rotatable bonds is 10. The molecule has 45 heavy (non-hydrogen) atoms. The average Bonchev–Trinajstić information content (AvgIpc) is 3.04. The van der Waals surface area contributed by atoms with Gasteiger partial charge in [0.05, 0.1) is 5.56 Å². The van der Waals surface area contributed by atoms with Crippen molar-refractivity contribution in [2.75, 3.05) is 0 Å². The molecular formula is C36H32F8O. The quantitative estimate of drug-likeness (QED) is 0.0732. The molecule has 0 amide bonds. The minimum atomic E-state index is -2.39. The molecule has 9 heteroatoms. The third-order valence-electron chi connectivity index (χ3n) is 8.73. The second-order valence-electron chi connectivity index (χ2n) is 11.6. The summed E-state index contributed by atoms with van der Waals surface area (Å²) in [6.07, 6.45) is 9.94. The fourth-order valence-electron chi connectivity index (χ4n) is 6.10. The first-order chi connectivity index (χ1) is 21.6. The summed E-state index contributed by atoms with van der Waals surface area (Å²) in [4.78, 5) is 0. The van der Waals surface area contributed by atoms with E-state index in [0.717, 1.165) is 36.5 Å². The van der Waals surface area contributed by atoms with Crippen LogP contribution in [0.15, 0.2) is 54.6 Å². The van der Waals surface area contributed by atoms with Crippen molar-refractivity contribution in [3.8, 4) is 28.0 Å². The Morgan fingerprint density at radius 1 is 0.600 bits per heavy atom. The van der Waals surface area contributed by atoms with Crippen LogP contribution in [0.3, 0.4) is 0 Å². The highest BCUT2D eigenvalue weighted by molar-refractivity contribution is 5.71. The monoisotopic (exact) mass is 632 g/mol. The van der Waals surface area contributed by atoms with E-state index in [2.05, 4.69) is 23.8 Å². The fourth-order valence-corrected chi connectivity index (χ4v) is 6.10. The van der Waals surface area contributed by atoms with Crippen LogP contribution in [0.25, 0.3) is 22.3 Å². The molecule has 4 aromatic rings. The number of benzene rings is 4. The molecule has 1 aliphatic rings. The Labute approximate surface area is 256 Å². The topological polar surface area (TPSA) is 9.23 Å². The molecule has 238 valence electrons. The minimum absolute atomic E-state index is 0.101. The van der Waals surface area contributed by atoms with Gasteiger partial charge in [-0.2, -0.15) is 8.78 Å². The molecule has 0 saturated heterocycles. The lowest BCUT2D eigenvalue weighted by molar-refractivity contribution is 0.246. The largest absolute Gasteiger partial charge is 0.482 e. The molecule has 0 spiro atoms. The summed E-state index contributed by atoms with van der Waals surface area (Å²) in [5.74, 6) is -15.1. The number of hydrogen-bond donors (Lipinski definition) is 0. The Morgan fingerprint density at radius 3 is 1.73 bits per heavy atom. The summed E-state index contributed by atoms with van der Waals surface area (Å²) in [7, 11) is 0. The van der Waals surface area contributed by atoms with Gasteiger partial charge in [-0.25, -0.2) is 26.3 Å². The summed E-state index contributed by atoms with van der Waals surface area (Å²) in [5, 5.41) is 0. The van der Waals surface area contributed by atoms with Crippen molar-refractivity contribution in [1.82, 2.24) is 0 Å². The Hall–Kier alpha value is -3.88. The van der Waals surface area contributed by atoms with Crippen LogP contribution in [0.2, 0.25) is 0 Å². The molecule has 0 unspecified atom stereocenters. The van der Waals surface area contributed by atoms with Crippen LogP contribution in [0.5, 0.6) is 5.75 Å². The van der Waals surface area contributed by atoms with Crippen LogP contribution in [-0.2, 0) is 6.61 Å². The maximum atomic E-state index is 15.2. The van der Waals surface area contributed by atoms with Gasteiger partial charge in [0.25, 0.3) is 0 Å². The van der Waals surface area contributed by atoms with Gasteiger partial charge in [0.15, 0.2) is 5.75 Å². The third kappa shape index (κ3) is 7.02. The lowest BCUT2D eigenvalue weighted by atomic mass is 9.77. The van der Waals surface area contributed by atoms with Crippen molar-refractivity contribution in [2.45, 2.75) is 70.8 Å². The Morgan fingerprint density at radius 2 is 1.16 bits per heavy atom. The van der Waals surface area contributed by atoms with E-state index in [1.54, 1.807) is 6.07 Å². The van der Waals surface area contributed by atoms with Crippen molar-refractivity contribution < 1.29 is 39.9 Å². The molecular weight excluding hydrogens is 600 g/mol. The van der Waals surface area contributed by atoms with E-state index in [-0.39, 0.29) is 11.1 Å². The molecule has 0 N–H and O–H groups in total. The van der Waals surface area contributed by atoms with E-state index in [4.69, 9.17) is 0 Å². The van der Waals surface area contributed by atoms with Gasteiger partial charge < -0.3 is 4.74 Å². The zero-order valence-corrected chi connectivity index (χ0v) is 24.6. The average molecular weight is 633 g/mol. The summed E-state index contributed by atoms with van der Waals surface area (Å²) >= 11 is 0. The van der Waals surface area contributed by atoms with Crippen molar-refractivity contribution in [1.29, 1.82) is 0 Å². The van der Waals surface area contributed by atoms with Gasteiger partial charge in [-0.05, 0) is 78.0 Å². The summed E-state index contributed by atoms with van der Waals surface area (Å²) in [6, 6.07) is 13.9. The predicted octanol–water partition coefficient (Wildman–Crippen LogP) is 11.6. The molecule has 0 bridgehead atoms. The number of unbranched alkanes of at least 4 members (excludes halogenated alkanes) is 2. The van der Waals surface area contributed by atoms with Gasteiger partial charge >= 0.3 is 0 Å². The standard InChI is InChI=1S/C36H32F8O/c1-2-3-4-5-20-6-8-21(9-7-20)22-10-12-23(13-11-22)24-14-15-26(28(37)16-24)25-17-29(38)27(30(39)18-25)19-45-36-34(43)32(41)31(40)33(42)35(36)44/h10-18,20-21H,2-9,19H2,1H3. The zero-order chi connectivity index (χ0) is 32.2. The van der Waals surface area contributed by atoms with Crippen LogP contribution in [0.1, 0.15) is 75.3 Å². The van der Waals surface area contributed by atoms with Gasteiger partial charge in [-0.3, -0.25) is 0 Å². The number of halogens is 8. The van der Waals surface area contributed by atoms with Crippen LogP contribution in [-0.4, -0.2) is 0 Å². The van der Waals surface area contributed by atoms with Gasteiger partial charge in [-0.1, -0.05) is 69.0 Å². The summed E-state index contributed by atoms with van der Waals surface area (Å²) in [5.41, 5.74) is 1.53. The molecule has 1 fully saturated rings. The second-order valence-corrected chi connectivity index (χ2v) is 11.6. The maximum Gasteiger partial charge on any atom is 0.207 e. The molecule has 0 atom stereocenters. The van der Waals surface area contributed by atoms with E-state index in [0.29, 0.717) is 11.5 Å². The summed E-state index contributed by atoms with van der Waals surface area (Å²) < 4.78 is 117. The van der Waals surface area contributed by atoms with Crippen LogP contribution in [0, 0.1) is 52.5 Å². The Balaban J connectivity index is 1.27. The smallest absolute Gasteiger partial charge is 0.207 e. The van der Waals surface area contributed by atoms with E-state index in [1.807, 2.05) is 12.1 Å². The SMILES string of the molecule is CCCCCC1CCC(c2ccc(-c3ccc(-c4cc(F)c(COc5c(F)c(F)c(F)c(F)c5F)c(F)c4)c(F)c3)cc2)CC1. The zero-order valence-electron chi connectivity index (χ0n) is 24.6. The van der Waals surface area contributed by atoms with Crippen molar-refractivity contribution >= 4 is 0 Å². The first-order valence-electron chi connectivity index (χ1n) is 15.1. The molecule has 0 radical (unpaired) electrons. The van der Waals surface area contributed by atoms with Gasteiger partial charge in [0, 0.05) is 5.56 Å². The molecule has 0 aliphatic heterocycles. The molecule has 1 saturated carbocycles. The van der Waals surface area contributed by atoms with Crippen molar-refractivity contribution in [3.05, 3.63) is 112 Å². The van der Waals surface area contributed by atoms with E-state index in [9.17, 15) is 30.7 Å². The van der Waals surface area contributed by atoms with Gasteiger partial charge in [0.1, 0.15) is 24.1 Å². The molecule has 1 nitrogen and oxygen atoms in total. The molecule has 1 aliphatic carbocycles. The molecule has 0 heterocycles. The van der Waals surface area contributed by atoms with Crippen LogP contribution in [0.4, 0.5) is 35.1 Å². The van der Waals surface area contributed by atoms with E-state index in [1.165, 1.54) is 56.2 Å². The van der Waals surface area contributed by atoms with Crippen LogP contribution < -0.4 is 4.74 Å². The Bertz CT molecular complexity index is 1610. The highest BCUT2D eigenvalue weighted by atomic mass is 19.2. The van der Waals surface area contributed by atoms with Crippen LogP contribution >= 0.6 is 0 Å². The van der Waals surface area contributed by atoms with Crippen molar-refractivity contribution in [3.63, 3.8) is 0 Å². The minimum Gasteiger partial charge on any atom is -0.482 e. The molecule has 5 rings (SSSR count).